The van der Waals surface area contributed by atoms with Gasteiger partial charge < -0.3 is 19.3 Å². The molecule has 0 aromatic heterocycles. The van der Waals surface area contributed by atoms with Crippen molar-refractivity contribution in [3.63, 3.8) is 0 Å². The average molecular weight is 492 g/mol. The van der Waals surface area contributed by atoms with Gasteiger partial charge in [-0.05, 0) is 83.0 Å². The second kappa shape index (κ2) is 14.2. The fourth-order valence-electron chi connectivity index (χ4n) is 4.95. The molecule has 0 bridgehead atoms. The van der Waals surface area contributed by atoms with Crippen LogP contribution in [0, 0.1) is 5.92 Å². The lowest BCUT2D eigenvalue weighted by atomic mass is 9.97. The van der Waals surface area contributed by atoms with E-state index < -0.39 is 0 Å². The third-order valence-electron chi connectivity index (χ3n) is 7.14. The van der Waals surface area contributed by atoms with Crippen LogP contribution in [0.25, 0.3) is 0 Å². The molecule has 0 aliphatic carbocycles. The maximum absolute atomic E-state index is 11.4. The summed E-state index contributed by atoms with van der Waals surface area (Å²) in [5, 5.41) is 0. The second-order valence-corrected chi connectivity index (χ2v) is 10.7. The van der Waals surface area contributed by atoms with Gasteiger partial charge in [0.2, 0.25) is 0 Å². The van der Waals surface area contributed by atoms with Crippen LogP contribution in [-0.4, -0.2) is 68.4 Å². The van der Waals surface area contributed by atoms with Gasteiger partial charge in [0, 0.05) is 37.9 Å². The minimum Gasteiger partial charge on any atom is -0.489 e. The molecule has 2 aromatic carbocycles. The maximum atomic E-state index is 11.4. The second-order valence-electron chi connectivity index (χ2n) is 10.7. The maximum Gasteiger partial charge on any atom is 0.137 e. The van der Waals surface area contributed by atoms with E-state index in [1.165, 1.54) is 16.8 Å². The van der Waals surface area contributed by atoms with Crippen molar-refractivity contribution < 1.29 is 9.53 Å². The standard InChI is InChI=1S/C31H45N3O2/c1-25(2)15-20-34(28-11-13-31(14-12-28)36-24-27-9-7-6-8-10-27)29-16-18-33(19-17-29)22-26(3)21-30(23-35)32(4)5/h6-15,23,26,29-30H,16-22,24H2,1-5H3. The summed E-state index contributed by atoms with van der Waals surface area (Å²) < 4.78 is 6.01. The highest BCUT2D eigenvalue weighted by Crippen LogP contribution is 2.27. The van der Waals surface area contributed by atoms with Crippen LogP contribution in [0.4, 0.5) is 5.69 Å². The Morgan fingerprint density at radius 3 is 2.31 bits per heavy atom. The lowest BCUT2D eigenvalue weighted by Gasteiger charge is -2.40. The third kappa shape index (κ3) is 8.79. The monoisotopic (exact) mass is 491 g/mol. The van der Waals surface area contributed by atoms with Gasteiger partial charge in [0.15, 0.2) is 0 Å². The molecule has 5 heteroatoms. The Labute approximate surface area is 218 Å². The molecule has 0 spiro atoms. The molecule has 1 aliphatic rings. The van der Waals surface area contributed by atoms with Crippen molar-refractivity contribution in [1.29, 1.82) is 0 Å². The number of aldehydes is 1. The quantitative estimate of drug-likeness (QED) is 0.267. The predicted molar refractivity (Wildman–Crippen MR) is 151 cm³/mol. The normalized spacial score (nSPS) is 16.4. The number of hydrogen-bond donors (Lipinski definition) is 0. The minimum absolute atomic E-state index is 0.0109. The molecule has 0 radical (unpaired) electrons. The first kappa shape index (κ1) is 27.9. The molecule has 2 unspecified atom stereocenters. The van der Waals surface area contributed by atoms with Crippen molar-refractivity contribution >= 4 is 12.0 Å². The lowest BCUT2D eigenvalue weighted by Crippen LogP contribution is -2.46. The van der Waals surface area contributed by atoms with E-state index in [2.05, 4.69) is 73.0 Å². The van der Waals surface area contributed by atoms with E-state index in [0.29, 0.717) is 18.6 Å². The number of ether oxygens (including phenoxy) is 1. The molecule has 0 saturated carbocycles. The molecule has 0 amide bonds. The molecule has 5 nitrogen and oxygen atoms in total. The molecule has 1 fully saturated rings. The first-order valence-electron chi connectivity index (χ1n) is 13.4. The molecule has 2 atom stereocenters. The number of anilines is 1. The lowest BCUT2D eigenvalue weighted by molar-refractivity contribution is -0.112. The fourth-order valence-corrected chi connectivity index (χ4v) is 4.95. The third-order valence-corrected chi connectivity index (χ3v) is 7.14. The van der Waals surface area contributed by atoms with Crippen molar-refractivity contribution in [3.8, 4) is 5.75 Å². The Bertz CT molecular complexity index is 930. The molecule has 1 aliphatic heterocycles. The van der Waals surface area contributed by atoms with Crippen LogP contribution < -0.4 is 9.64 Å². The number of allylic oxidation sites excluding steroid dienone is 1. The largest absolute Gasteiger partial charge is 0.489 e. The number of piperidine rings is 1. The molecule has 2 aromatic rings. The van der Waals surface area contributed by atoms with Gasteiger partial charge >= 0.3 is 0 Å². The van der Waals surface area contributed by atoms with Gasteiger partial charge in [-0.1, -0.05) is 48.9 Å². The summed E-state index contributed by atoms with van der Waals surface area (Å²) in [4.78, 5) is 18.5. The number of carbonyl (C=O) groups is 1. The molecule has 1 heterocycles. The summed E-state index contributed by atoms with van der Waals surface area (Å²) >= 11 is 0. The van der Waals surface area contributed by atoms with Crippen LogP contribution in [0.5, 0.6) is 5.75 Å². The Morgan fingerprint density at radius 1 is 1.06 bits per heavy atom. The number of nitrogens with zero attached hydrogens (tertiary/aromatic N) is 3. The Kier molecular flexibility index (Phi) is 11.0. The molecular formula is C31H45N3O2. The van der Waals surface area contributed by atoms with Crippen molar-refractivity contribution in [2.45, 2.75) is 58.7 Å². The van der Waals surface area contributed by atoms with Crippen LogP contribution >= 0.6 is 0 Å². The number of rotatable bonds is 13. The number of likely N-dealkylation sites (N-methyl/N-ethyl adjacent to an activating group) is 1. The van der Waals surface area contributed by atoms with E-state index in [1.807, 2.05) is 37.2 Å². The molecule has 3 rings (SSSR count). The highest BCUT2D eigenvalue weighted by atomic mass is 16.5. The summed E-state index contributed by atoms with van der Waals surface area (Å²) in [6.45, 7) is 11.4. The van der Waals surface area contributed by atoms with Gasteiger partial charge in [-0.15, -0.1) is 0 Å². The van der Waals surface area contributed by atoms with Crippen molar-refractivity contribution in [2.75, 3.05) is 45.2 Å². The number of likely N-dealkylation sites (tertiary alicyclic amines) is 1. The summed E-state index contributed by atoms with van der Waals surface area (Å²) in [6, 6.07) is 19.4. The Hall–Kier alpha value is -2.63. The topological polar surface area (TPSA) is 36.0 Å². The predicted octanol–water partition coefficient (Wildman–Crippen LogP) is 5.66. The first-order valence-corrected chi connectivity index (χ1v) is 13.4. The summed E-state index contributed by atoms with van der Waals surface area (Å²) in [5.74, 6) is 1.41. The van der Waals surface area contributed by atoms with Gasteiger partial charge in [0.25, 0.3) is 0 Å². The van der Waals surface area contributed by atoms with Crippen molar-refractivity contribution in [3.05, 3.63) is 71.8 Å². The highest BCUT2D eigenvalue weighted by Gasteiger charge is 2.26. The van der Waals surface area contributed by atoms with E-state index in [9.17, 15) is 4.79 Å². The van der Waals surface area contributed by atoms with E-state index in [4.69, 9.17) is 4.74 Å². The summed E-state index contributed by atoms with van der Waals surface area (Å²) in [5.41, 5.74) is 3.78. The molecule has 1 saturated heterocycles. The van der Waals surface area contributed by atoms with E-state index >= 15 is 0 Å². The fraction of sp³-hybridized carbons (Fsp3) is 0.516. The van der Waals surface area contributed by atoms with Crippen LogP contribution in [0.1, 0.15) is 45.6 Å². The zero-order valence-electron chi connectivity index (χ0n) is 22.9. The van der Waals surface area contributed by atoms with E-state index in [-0.39, 0.29) is 6.04 Å². The van der Waals surface area contributed by atoms with Gasteiger partial charge in [0.05, 0.1) is 6.04 Å². The van der Waals surface area contributed by atoms with Crippen molar-refractivity contribution in [1.82, 2.24) is 9.80 Å². The molecular weight excluding hydrogens is 446 g/mol. The molecule has 196 valence electrons. The average Bonchev–Trinajstić information content (AvgIpc) is 2.88. The van der Waals surface area contributed by atoms with E-state index in [0.717, 1.165) is 57.5 Å². The molecule has 0 N–H and O–H groups in total. The number of carbonyl (C=O) groups excluding carboxylic acids is 1. The van der Waals surface area contributed by atoms with Crippen LogP contribution in [-0.2, 0) is 11.4 Å². The SMILES string of the molecule is CC(C)=CCN(c1ccc(OCc2ccccc2)cc1)C1CCN(CC(C)CC(C=O)N(C)C)CC1. The number of hydrogen-bond acceptors (Lipinski definition) is 5. The first-order chi connectivity index (χ1) is 17.4. The zero-order chi connectivity index (χ0) is 25.9. The van der Waals surface area contributed by atoms with Crippen molar-refractivity contribution in [2.24, 2.45) is 5.92 Å². The minimum atomic E-state index is 0.0109. The van der Waals surface area contributed by atoms with E-state index in [1.54, 1.807) is 0 Å². The molecule has 36 heavy (non-hydrogen) atoms. The van der Waals surface area contributed by atoms with Gasteiger partial charge in [-0.2, -0.15) is 0 Å². The summed E-state index contributed by atoms with van der Waals surface area (Å²) in [7, 11) is 3.97. The van der Waals surface area contributed by atoms with Gasteiger partial charge in [-0.25, -0.2) is 0 Å². The number of benzene rings is 2. The highest BCUT2D eigenvalue weighted by molar-refractivity contribution is 5.57. The Balaban J connectivity index is 1.57. The van der Waals surface area contributed by atoms with Crippen LogP contribution in [0.2, 0.25) is 0 Å². The zero-order valence-corrected chi connectivity index (χ0v) is 22.9. The smallest absolute Gasteiger partial charge is 0.137 e. The van der Waals surface area contributed by atoms with Crippen LogP contribution in [0.15, 0.2) is 66.2 Å². The Morgan fingerprint density at radius 2 is 1.72 bits per heavy atom. The van der Waals surface area contributed by atoms with Crippen LogP contribution in [0.3, 0.4) is 0 Å². The van der Waals surface area contributed by atoms with Gasteiger partial charge in [-0.3, -0.25) is 4.90 Å². The summed E-state index contributed by atoms with van der Waals surface area (Å²) in [6.07, 6.45) is 6.64. The van der Waals surface area contributed by atoms with Gasteiger partial charge in [0.1, 0.15) is 18.6 Å².